The summed E-state index contributed by atoms with van der Waals surface area (Å²) in [5.74, 6) is 0. The molecule has 0 aliphatic carbocycles. The molecule has 0 saturated carbocycles. The topological polar surface area (TPSA) is 28.6 Å². The molecule has 1 aromatic heterocycles. The average Bonchev–Trinajstić information content (AvgIpc) is 3.12. The van der Waals surface area contributed by atoms with E-state index in [1.807, 2.05) is 0 Å². The molecule has 5 heteroatoms. The van der Waals surface area contributed by atoms with E-state index in [-0.39, 0.29) is 0 Å². The minimum absolute atomic E-state index is 0.691. The van der Waals surface area contributed by atoms with Crippen molar-refractivity contribution < 1.29 is 4.74 Å². The highest BCUT2D eigenvalue weighted by Crippen LogP contribution is 2.24. The summed E-state index contributed by atoms with van der Waals surface area (Å²) < 4.78 is 5.49. The molecule has 2 aliphatic rings. The van der Waals surface area contributed by atoms with Gasteiger partial charge in [0.05, 0.1) is 25.5 Å². The van der Waals surface area contributed by atoms with Crippen molar-refractivity contribution in [2.75, 3.05) is 39.4 Å². The molecule has 2 aromatic rings. The summed E-state index contributed by atoms with van der Waals surface area (Å²) >= 11 is 1.79. The van der Waals surface area contributed by atoms with Gasteiger partial charge in [-0.1, -0.05) is 30.3 Å². The second-order valence-electron chi connectivity index (χ2n) is 6.67. The van der Waals surface area contributed by atoms with Crippen LogP contribution in [0.3, 0.4) is 0 Å². The van der Waals surface area contributed by atoms with Gasteiger partial charge in [-0.05, 0) is 19.4 Å². The molecule has 2 fully saturated rings. The van der Waals surface area contributed by atoms with Crippen molar-refractivity contribution >= 4 is 11.3 Å². The van der Waals surface area contributed by atoms with Crippen LogP contribution in [0, 0.1) is 0 Å². The molecule has 4 rings (SSSR count). The summed E-state index contributed by atoms with van der Waals surface area (Å²) in [7, 11) is 0. The fraction of sp³-hybridized carbons (Fsp3) is 0.526. The van der Waals surface area contributed by atoms with Crippen LogP contribution in [0.1, 0.15) is 17.8 Å². The predicted octanol–water partition coefficient (Wildman–Crippen LogP) is 3.11. The first-order valence-electron chi connectivity index (χ1n) is 8.92. The lowest BCUT2D eigenvalue weighted by Crippen LogP contribution is -2.51. The smallest absolute Gasteiger partial charge is 0.107 e. The first kappa shape index (κ1) is 16.2. The normalized spacial score (nSPS) is 23.4. The molecule has 1 unspecified atom stereocenters. The van der Waals surface area contributed by atoms with Gasteiger partial charge in [0.1, 0.15) is 5.01 Å². The van der Waals surface area contributed by atoms with E-state index < -0.39 is 0 Å². The lowest BCUT2D eigenvalue weighted by atomic mass is 10.0. The summed E-state index contributed by atoms with van der Waals surface area (Å²) in [5.41, 5.74) is 2.32. The third-order valence-corrected chi connectivity index (χ3v) is 5.86. The van der Waals surface area contributed by atoms with Gasteiger partial charge in [-0.15, -0.1) is 11.3 Å². The highest BCUT2D eigenvalue weighted by atomic mass is 32.1. The molecule has 4 nitrogen and oxygen atoms in total. The minimum atomic E-state index is 0.691. The maximum atomic E-state index is 5.49. The largest absolute Gasteiger partial charge is 0.379 e. The van der Waals surface area contributed by atoms with Crippen molar-refractivity contribution in [1.29, 1.82) is 0 Å². The molecule has 128 valence electrons. The molecular weight excluding hydrogens is 318 g/mol. The Bertz CT molecular complexity index is 639. The number of nitrogens with zero attached hydrogens (tertiary/aromatic N) is 3. The predicted molar refractivity (Wildman–Crippen MR) is 98.2 cm³/mol. The van der Waals surface area contributed by atoms with Gasteiger partial charge in [-0.2, -0.15) is 0 Å². The molecule has 3 heterocycles. The van der Waals surface area contributed by atoms with E-state index in [2.05, 4.69) is 45.5 Å². The maximum Gasteiger partial charge on any atom is 0.107 e. The number of ether oxygens (including phenoxy) is 1. The molecule has 0 bridgehead atoms. The van der Waals surface area contributed by atoms with Crippen LogP contribution in [-0.2, 0) is 11.3 Å². The molecule has 0 N–H and O–H groups in total. The third-order valence-electron chi connectivity index (χ3n) is 5.02. The molecule has 2 saturated heterocycles. The Balaban J connectivity index is 1.37. The van der Waals surface area contributed by atoms with Crippen molar-refractivity contribution in [2.45, 2.75) is 25.4 Å². The van der Waals surface area contributed by atoms with Crippen molar-refractivity contribution in [1.82, 2.24) is 14.8 Å². The number of thiazole rings is 1. The Morgan fingerprint density at radius 2 is 1.96 bits per heavy atom. The van der Waals surface area contributed by atoms with E-state index in [4.69, 9.17) is 9.72 Å². The zero-order valence-corrected chi connectivity index (χ0v) is 14.9. The van der Waals surface area contributed by atoms with Gasteiger partial charge >= 0.3 is 0 Å². The van der Waals surface area contributed by atoms with Crippen LogP contribution >= 0.6 is 11.3 Å². The fourth-order valence-corrected chi connectivity index (χ4v) is 4.58. The molecule has 0 radical (unpaired) electrons. The molecular formula is C19H25N3OS. The Morgan fingerprint density at radius 3 is 2.79 bits per heavy atom. The van der Waals surface area contributed by atoms with Crippen LogP contribution in [0.15, 0.2) is 35.7 Å². The van der Waals surface area contributed by atoms with E-state index in [1.165, 1.54) is 36.5 Å². The number of piperidine rings is 1. The summed E-state index contributed by atoms with van der Waals surface area (Å²) in [6, 6.07) is 11.2. The van der Waals surface area contributed by atoms with Gasteiger partial charge in [0, 0.05) is 36.6 Å². The van der Waals surface area contributed by atoms with E-state index in [0.29, 0.717) is 6.04 Å². The second kappa shape index (κ2) is 7.74. The van der Waals surface area contributed by atoms with Crippen molar-refractivity contribution in [2.24, 2.45) is 0 Å². The third kappa shape index (κ3) is 3.86. The summed E-state index contributed by atoms with van der Waals surface area (Å²) in [5, 5.41) is 3.42. The lowest BCUT2D eigenvalue weighted by molar-refractivity contribution is -0.00358. The van der Waals surface area contributed by atoms with Gasteiger partial charge in [0.15, 0.2) is 0 Å². The molecule has 1 atom stereocenters. The minimum Gasteiger partial charge on any atom is -0.379 e. The molecule has 0 spiro atoms. The number of rotatable bonds is 4. The number of hydrogen-bond donors (Lipinski definition) is 0. The van der Waals surface area contributed by atoms with E-state index >= 15 is 0 Å². The summed E-state index contributed by atoms with van der Waals surface area (Å²) in [4.78, 5) is 10.1. The Morgan fingerprint density at radius 1 is 1.12 bits per heavy atom. The van der Waals surface area contributed by atoms with Crippen LogP contribution in [-0.4, -0.2) is 60.2 Å². The number of likely N-dealkylation sites (tertiary alicyclic amines) is 1. The van der Waals surface area contributed by atoms with Crippen LogP contribution in [0.5, 0.6) is 0 Å². The van der Waals surface area contributed by atoms with Gasteiger partial charge in [0.2, 0.25) is 0 Å². The summed E-state index contributed by atoms with van der Waals surface area (Å²) in [6.07, 6.45) is 2.61. The SMILES string of the molecule is c1ccc(-c2csc(CN3CCCC(N4CCOCC4)C3)n2)cc1. The van der Waals surface area contributed by atoms with Crippen LogP contribution in [0.2, 0.25) is 0 Å². The van der Waals surface area contributed by atoms with E-state index in [1.54, 1.807) is 11.3 Å². The zero-order valence-electron chi connectivity index (χ0n) is 14.1. The number of hydrogen-bond acceptors (Lipinski definition) is 5. The summed E-state index contributed by atoms with van der Waals surface area (Å²) in [6.45, 7) is 7.31. The monoisotopic (exact) mass is 343 g/mol. The first-order chi connectivity index (χ1) is 11.9. The second-order valence-corrected chi connectivity index (χ2v) is 7.61. The fourth-order valence-electron chi connectivity index (χ4n) is 3.73. The van der Waals surface area contributed by atoms with Crippen molar-refractivity contribution in [3.63, 3.8) is 0 Å². The number of benzene rings is 1. The quantitative estimate of drug-likeness (QED) is 0.853. The Kier molecular flexibility index (Phi) is 5.23. The van der Waals surface area contributed by atoms with Crippen LogP contribution < -0.4 is 0 Å². The maximum absolute atomic E-state index is 5.49. The number of aromatic nitrogens is 1. The molecule has 1 aromatic carbocycles. The van der Waals surface area contributed by atoms with Crippen LogP contribution in [0.25, 0.3) is 11.3 Å². The highest BCUT2D eigenvalue weighted by Gasteiger charge is 2.26. The van der Waals surface area contributed by atoms with E-state index in [9.17, 15) is 0 Å². The van der Waals surface area contributed by atoms with Gasteiger partial charge in [-0.25, -0.2) is 4.98 Å². The van der Waals surface area contributed by atoms with Gasteiger partial charge < -0.3 is 4.74 Å². The van der Waals surface area contributed by atoms with Crippen LogP contribution in [0.4, 0.5) is 0 Å². The van der Waals surface area contributed by atoms with Crippen molar-refractivity contribution in [3.05, 3.63) is 40.7 Å². The van der Waals surface area contributed by atoms with E-state index in [0.717, 1.165) is 38.5 Å². The highest BCUT2D eigenvalue weighted by molar-refractivity contribution is 7.09. The zero-order chi connectivity index (χ0) is 16.2. The van der Waals surface area contributed by atoms with Gasteiger partial charge in [-0.3, -0.25) is 9.80 Å². The molecule has 24 heavy (non-hydrogen) atoms. The van der Waals surface area contributed by atoms with Gasteiger partial charge in [0.25, 0.3) is 0 Å². The molecule has 2 aliphatic heterocycles. The first-order valence-corrected chi connectivity index (χ1v) is 9.80. The Labute approximate surface area is 148 Å². The van der Waals surface area contributed by atoms with Crippen molar-refractivity contribution in [3.8, 4) is 11.3 Å². The standard InChI is InChI=1S/C19H25N3OS/c1-2-5-16(6-3-1)18-15-24-19(20-18)14-21-8-4-7-17(13-21)22-9-11-23-12-10-22/h1-3,5-6,15,17H,4,7-14H2. The average molecular weight is 343 g/mol. The molecule has 0 amide bonds. The Hall–Kier alpha value is -1.27. The lowest BCUT2D eigenvalue weighted by Gasteiger charge is -2.40. The number of morpholine rings is 1.